The van der Waals surface area contributed by atoms with Crippen molar-refractivity contribution < 1.29 is 14.3 Å². The van der Waals surface area contributed by atoms with Gasteiger partial charge in [0.1, 0.15) is 18.1 Å². The van der Waals surface area contributed by atoms with Crippen LogP contribution in [0.5, 0.6) is 11.5 Å². The maximum absolute atomic E-state index is 12.0. The molecule has 0 unspecified atom stereocenters. The molecule has 0 atom stereocenters. The van der Waals surface area contributed by atoms with Gasteiger partial charge in [0.05, 0.1) is 0 Å². The molecule has 0 aliphatic rings. The Morgan fingerprint density at radius 1 is 0.846 bits per heavy atom. The van der Waals surface area contributed by atoms with Crippen LogP contribution in [0.25, 0.3) is 0 Å². The van der Waals surface area contributed by atoms with Crippen LogP contribution in [0.1, 0.15) is 5.56 Å². The third kappa shape index (κ3) is 5.53. The molecular weight excluding hydrogens is 350 g/mol. The van der Waals surface area contributed by atoms with E-state index in [0.717, 1.165) is 11.3 Å². The zero-order valence-corrected chi connectivity index (χ0v) is 14.8. The molecule has 0 aliphatic carbocycles. The molecule has 0 spiro atoms. The molecule has 0 aliphatic heterocycles. The Labute approximate surface area is 157 Å². The van der Waals surface area contributed by atoms with E-state index in [-0.39, 0.29) is 12.5 Å². The van der Waals surface area contributed by atoms with E-state index in [9.17, 15) is 4.79 Å². The molecule has 0 aromatic heterocycles. The van der Waals surface area contributed by atoms with Crippen molar-refractivity contribution in [2.45, 2.75) is 6.61 Å². The largest absolute Gasteiger partial charge is 0.489 e. The van der Waals surface area contributed by atoms with E-state index in [4.69, 9.17) is 21.1 Å². The maximum atomic E-state index is 12.0. The number of nitrogens with one attached hydrogen (secondary N) is 1. The molecule has 0 saturated heterocycles. The molecule has 4 nitrogen and oxygen atoms in total. The molecule has 132 valence electrons. The minimum atomic E-state index is -0.247. The molecule has 26 heavy (non-hydrogen) atoms. The lowest BCUT2D eigenvalue weighted by atomic mass is 10.2. The zero-order valence-electron chi connectivity index (χ0n) is 14.0. The van der Waals surface area contributed by atoms with Crippen molar-refractivity contribution in [3.8, 4) is 11.5 Å². The Balaban J connectivity index is 1.46. The van der Waals surface area contributed by atoms with Crippen molar-refractivity contribution in [3.63, 3.8) is 0 Å². The highest BCUT2D eigenvalue weighted by molar-refractivity contribution is 6.30. The predicted molar refractivity (Wildman–Crippen MR) is 103 cm³/mol. The Hall–Kier alpha value is -2.98. The lowest BCUT2D eigenvalue weighted by Crippen LogP contribution is -2.20. The summed E-state index contributed by atoms with van der Waals surface area (Å²) in [6.07, 6.45) is 0. The Morgan fingerprint density at radius 3 is 2.35 bits per heavy atom. The van der Waals surface area contributed by atoms with Crippen LogP contribution in [0.4, 0.5) is 5.69 Å². The number of hydrogen-bond donors (Lipinski definition) is 1. The topological polar surface area (TPSA) is 47.6 Å². The average molecular weight is 368 g/mol. The quantitative estimate of drug-likeness (QED) is 0.643. The number of carbonyl (C=O) groups excluding carboxylic acids is 1. The summed E-state index contributed by atoms with van der Waals surface area (Å²) >= 11 is 5.88. The molecule has 0 saturated carbocycles. The van der Waals surface area contributed by atoms with Gasteiger partial charge in [-0.15, -0.1) is 0 Å². The summed E-state index contributed by atoms with van der Waals surface area (Å²) in [4.78, 5) is 12.0. The van der Waals surface area contributed by atoms with Gasteiger partial charge in [0.2, 0.25) is 0 Å². The summed E-state index contributed by atoms with van der Waals surface area (Å²) in [5, 5.41) is 3.34. The van der Waals surface area contributed by atoms with Crippen LogP contribution in [-0.2, 0) is 11.4 Å². The van der Waals surface area contributed by atoms with Crippen LogP contribution in [0.15, 0.2) is 78.9 Å². The van der Waals surface area contributed by atoms with Crippen LogP contribution in [0.2, 0.25) is 5.02 Å². The third-order valence-electron chi connectivity index (χ3n) is 3.55. The molecule has 1 amide bonds. The molecule has 5 heteroatoms. The molecule has 0 bridgehead atoms. The van der Waals surface area contributed by atoms with E-state index >= 15 is 0 Å². The van der Waals surface area contributed by atoms with Gasteiger partial charge in [0.25, 0.3) is 5.91 Å². The van der Waals surface area contributed by atoms with E-state index in [1.165, 1.54) is 0 Å². The van der Waals surface area contributed by atoms with Crippen molar-refractivity contribution in [1.82, 2.24) is 0 Å². The maximum Gasteiger partial charge on any atom is 0.262 e. The highest BCUT2D eigenvalue weighted by Gasteiger charge is 2.05. The van der Waals surface area contributed by atoms with E-state index in [2.05, 4.69) is 5.32 Å². The molecule has 0 radical (unpaired) electrons. The number of halogens is 1. The van der Waals surface area contributed by atoms with E-state index in [0.29, 0.717) is 23.1 Å². The van der Waals surface area contributed by atoms with Gasteiger partial charge in [-0.05, 0) is 48.0 Å². The minimum Gasteiger partial charge on any atom is -0.489 e. The number of benzene rings is 3. The average Bonchev–Trinajstić information content (AvgIpc) is 2.67. The highest BCUT2D eigenvalue weighted by Crippen LogP contribution is 2.18. The summed E-state index contributed by atoms with van der Waals surface area (Å²) in [6.45, 7) is 0.409. The van der Waals surface area contributed by atoms with Gasteiger partial charge in [-0.2, -0.15) is 0 Å². The smallest absolute Gasteiger partial charge is 0.262 e. The fraction of sp³-hybridized carbons (Fsp3) is 0.0952. The minimum absolute atomic E-state index is 0.0907. The second-order valence-electron chi connectivity index (χ2n) is 5.59. The normalized spacial score (nSPS) is 10.2. The molecular formula is C21H18ClNO3. The number of ether oxygens (including phenoxy) is 2. The highest BCUT2D eigenvalue weighted by atomic mass is 35.5. The fourth-order valence-corrected chi connectivity index (χ4v) is 2.46. The first-order valence-electron chi connectivity index (χ1n) is 8.14. The molecule has 0 fully saturated rings. The van der Waals surface area contributed by atoms with E-state index in [1.807, 2.05) is 42.5 Å². The summed E-state index contributed by atoms with van der Waals surface area (Å²) in [6, 6.07) is 24.1. The molecule has 0 heterocycles. The lowest BCUT2D eigenvalue weighted by Gasteiger charge is -2.09. The van der Waals surface area contributed by atoms with Crippen LogP contribution >= 0.6 is 11.6 Å². The first-order chi connectivity index (χ1) is 12.7. The van der Waals surface area contributed by atoms with Crippen molar-refractivity contribution >= 4 is 23.2 Å². The Bertz CT molecular complexity index is 851. The third-order valence-corrected chi connectivity index (χ3v) is 3.79. The molecule has 3 aromatic carbocycles. The zero-order chi connectivity index (χ0) is 18.2. The van der Waals surface area contributed by atoms with Crippen LogP contribution in [0.3, 0.4) is 0 Å². The van der Waals surface area contributed by atoms with Crippen LogP contribution in [0, 0.1) is 0 Å². The van der Waals surface area contributed by atoms with Gasteiger partial charge < -0.3 is 14.8 Å². The monoisotopic (exact) mass is 367 g/mol. The standard InChI is InChI=1S/C21H18ClNO3/c22-17-7-4-8-20(13-17)26-15-21(24)23-18-9-11-19(12-10-18)25-14-16-5-2-1-3-6-16/h1-13H,14-15H2,(H,23,24). The van der Waals surface area contributed by atoms with Crippen molar-refractivity contribution in [1.29, 1.82) is 0 Å². The number of hydrogen-bond acceptors (Lipinski definition) is 3. The summed E-state index contributed by atoms with van der Waals surface area (Å²) in [7, 11) is 0. The Kier molecular flexibility index (Phi) is 6.12. The van der Waals surface area contributed by atoms with E-state index in [1.54, 1.807) is 36.4 Å². The molecule has 1 N–H and O–H groups in total. The number of rotatable bonds is 7. The summed E-state index contributed by atoms with van der Waals surface area (Å²) in [5.74, 6) is 1.04. The second-order valence-corrected chi connectivity index (χ2v) is 6.03. The molecule has 3 rings (SSSR count). The first-order valence-corrected chi connectivity index (χ1v) is 8.52. The van der Waals surface area contributed by atoms with Crippen molar-refractivity contribution in [2.24, 2.45) is 0 Å². The lowest BCUT2D eigenvalue weighted by molar-refractivity contribution is -0.118. The first kappa shape index (κ1) is 17.8. The van der Waals surface area contributed by atoms with Gasteiger partial charge in [0.15, 0.2) is 6.61 Å². The van der Waals surface area contributed by atoms with Gasteiger partial charge >= 0.3 is 0 Å². The van der Waals surface area contributed by atoms with Crippen molar-refractivity contribution in [3.05, 3.63) is 89.4 Å². The molecule has 3 aromatic rings. The fourth-order valence-electron chi connectivity index (χ4n) is 2.28. The van der Waals surface area contributed by atoms with Crippen molar-refractivity contribution in [2.75, 3.05) is 11.9 Å². The SMILES string of the molecule is O=C(COc1cccc(Cl)c1)Nc1ccc(OCc2ccccc2)cc1. The second kappa shape index (κ2) is 8.92. The van der Waals surface area contributed by atoms with Gasteiger partial charge in [-0.3, -0.25) is 4.79 Å². The van der Waals surface area contributed by atoms with Gasteiger partial charge in [0, 0.05) is 10.7 Å². The predicted octanol–water partition coefficient (Wildman–Crippen LogP) is 4.94. The Morgan fingerprint density at radius 2 is 1.62 bits per heavy atom. The number of carbonyl (C=O) groups is 1. The summed E-state index contributed by atoms with van der Waals surface area (Å²) in [5.41, 5.74) is 1.78. The van der Waals surface area contributed by atoms with E-state index < -0.39 is 0 Å². The summed E-state index contributed by atoms with van der Waals surface area (Å²) < 4.78 is 11.1. The number of anilines is 1. The van der Waals surface area contributed by atoms with Crippen LogP contribution < -0.4 is 14.8 Å². The number of amides is 1. The van der Waals surface area contributed by atoms with Gasteiger partial charge in [-0.25, -0.2) is 0 Å². The van der Waals surface area contributed by atoms with Crippen LogP contribution in [-0.4, -0.2) is 12.5 Å². The van der Waals surface area contributed by atoms with Gasteiger partial charge in [-0.1, -0.05) is 48.0 Å².